The van der Waals surface area contributed by atoms with E-state index in [0.717, 1.165) is 18.1 Å². The van der Waals surface area contributed by atoms with Crippen LogP contribution in [0.15, 0.2) is 24.3 Å². The molecule has 0 aliphatic heterocycles. The molecule has 2 aromatic rings. The van der Waals surface area contributed by atoms with Crippen molar-refractivity contribution in [3.8, 4) is 0 Å². The third-order valence-electron chi connectivity index (χ3n) is 2.69. The van der Waals surface area contributed by atoms with E-state index in [1.54, 1.807) is 4.68 Å². The lowest BCUT2D eigenvalue weighted by Gasteiger charge is -2.01. The number of nitrogens with zero attached hydrogens (tertiary/aromatic N) is 3. The third-order valence-corrected chi connectivity index (χ3v) is 2.69. The molecule has 0 saturated heterocycles. The molecule has 0 amide bonds. The highest BCUT2D eigenvalue weighted by Gasteiger charge is 2.07. The SMILES string of the molecule is Cc1ccccc1Cc1nc(CN)n(C)n1. The van der Waals surface area contributed by atoms with Gasteiger partial charge in [-0.25, -0.2) is 4.98 Å². The number of benzene rings is 1. The number of aromatic nitrogens is 3. The highest BCUT2D eigenvalue weighted by atomic mass is 15.3. The Hall–Kier alpha value is -1.68. The molecule has 2 rings (SSSR count). The maximum absolute atomic E-state index is 5.56. The van der Waals surface area contributed by atoms with E-state index in [1.807, 2.05) is 19.2 Å². The highest BCUT2D eigenvalue weighted by molar-refractivity contribution is 5.28. The summed E-state index contributed by atoms with van der Waals surface area (Å²) in [6.45, 7) is 2.53. The van der Waals surface area contributed by atoms with Crippen LogP contribution in [0.5, 0.6) is 0 Å². The summed E-state index contributed by atoms with van der Waals surface area (Å²) in [4.78, 5) is 4.39. The van der Waals surface area contributed by atoms with Crippen LogP contribution in [-0.2, 0) is 20.0 Å². The van der Waals surface area contributed by atoms with E-state index in [-0.39, 0.29) is 0 Å². The van der Waals surface area contributed by atoms with Gasteiger partial charge in [0.25, 0.3) is 0 Å². The Morgan fingerprint density at radius 2 is 2.06 bits per heavy atom. The van der Waals surface area contributed by atoms with Gasteiger partial charge in [0.2, 0.25) is 0 Å². The summed E-state index contributed by atoms with van der Waals surface area (Å²) < 4.78 is 1.74. The van der Waals surface area contributed by atoms with Gasteiger partial charge in [-0.15, -0.1) is 0 Å². The fraction of sp³-hybridized carbons (Fsp3) is 0.333. The van der Waals surface area contributed by atoms with E-state index < -0.39 is 0 Å². The molecule has 0 radical (unpaired) electrons. The van der Waals surface area contributed by atoms with Crippen molar-refractivity contribution in [3.05, 3.63) is 47.0 Å². The smallest absolute Gasteiger partial charge is 0.155 e. The number of hydrogen-bond acceptors (Lipinski definition) is 3. The van der Waals surface area contributed by atoms with Crippen LogP contribution in [0.2, 0.25) is 0 Å². The van der Waals surface area contributed by atoms with E-state index >= 15 is 0 Å². The summed E-state index contributed by atoms with van der Waals surface area (Å²) in [6, 6.07) is 8.28. The molecule has 1 aromatic carbocycles. The Morgan fingerprint density at radius 1 is 1.31 bits per heavy atom. The van der Waals surface area contributed by atoms with Crippen LogP contribution < -0.4 is 5.73 Å². The van der Waals surface area contributed by atoms with Gasteiger partial charge in [0.05, 0.1) is 6.54 Å². The molecule has 4 heteroatoms. The van der Waals surface area contributed by atoms with Crippen molar-refractivity contribution >= 4 is 0 Å². The lowest BCUT2D eigenvalue weighted by atomic mass is 10.1. The Morgan fingerprint density at radius 3 is 2.69 bits per heavy atom. The standard InChI is InChI=1S/C12H16N4/c1-9-5-3-4-6-10(9)7-11-14-12(8-13)16(2)15-11/h3-6H,7-8,13H2,1-2H3. The average molecular weight is 216 g/mol. The first kappa shape index (κ1) is 10.8. The molecule has 0 aliphatic rings. The average Bonchev–Trinajstić information content (AvgIpc) is 2.62. The van der Waals surface area contributed by atoms with E-state index in [2.05, 4.69) is 29.1 Å². The van der Waals surface area contributed by atoms with E-state index in [9.17, 15) is 0 Å². The second-order valence-corrected chi connectivity index (χ2v) is 3.88. The number of rotatable bonds is 3. The van der Waals surface area contributed by atoms with E-state index in [1.165, 1.54) is 11.1 Å². The Kier molecular flexibility index (Phi) is 3.01. The van der Waals surface area contributed by atoms with Gasteiger partial charge in [-0.05, 0) is 18.1 Å². The molecule has 0 atom stereocenters. The molecule has 0 saturated carbocycles. The van der Waals surface area contributed by atoms with Crippen LogP contribution in [0.3, 0.4) is 0 Å². The summed E-state index contributed by atoms with van der Waals surface area (Å²) >= 11 is 0. The summed E-state index contributed by atoms with van der Waals surface area (Å²) in [6.07, 6.45) is 0.764. The van der Waals surface area contributed by atoms with Gasteiger partial charge in [-0.1, -0.05) is 24.3 Å². The van der Waals surface area contributed by atoms with Gasteiger partial charge in [0.1, 0.15) is 5.82 Å². The Balaban J connectivity index is 2.24. The monoisotopic (exact) mass is 216 g/mol. The van der Waals surface area contributed by atoms with Crippen molar-refractivity contribution in [1.82, 2.24) is 14.8 Å². The van der Waals surface area contributed by atoms with Crippen LogP contribution >= 0.6 is 0 Å². The van der Waals surface area contributed by atoms with Crippen molar-refractivity contribution in [3.63, 3.8) is 0 Å². The zero-order valence-electron chi connectivity index (χ0n) is 9.64. The highest BCUT2D eigenvalue weighted by Crippen LogP contribution is 2.11. The maximum Gasteiger partial charge on any atom is 0.155 e. The topological polar surface area (TPSA) is 56.7 Å². The van der Waals surface area contributed by atoms with Gasteiger partial charge in [-0.2, -0.15) is 5.10 Å². The molecule has 4 nitrogen and oxygen atoms in total. The predicted molar refractivity (Wildman–Crippen MR) is 62.9 cm³/mol. The van der Waals surface area contributed by atoms with Gasteiger partial charge in [0.15, 0.2) is 5.82 Å². The van der Waals surface area contributed by atoms with Crippen LogP contribution in [0.1, 0.15) is 22.8 Å². The van der Waals surface area contributed by atoms with Gasteiger partial charge >= 0.3 is 0 Å². The number of aryl methyl sites for hydroxylation is 2. The largest absolute Gasteiger partial charge is 0.324 e. The van der Waals surface area contributed by atoms with E-state index in [4.69, 9.17) is 5.73 Å². The maximum atomic E-state index is 5.56. The van der Waals surface area contributed by atoms with Gasteiger partial charge in [0, 0.05) is 13.5 Å². The fourth-order valence-electron chi connectivity index (χ4n) is 1.71. The van der Waals surface area contributed by atoms with Crippen molar-refractivity contribution < 1.29 is 0 Å². The first-order valence-corrected chi connectivity index (χ1v) is 5.34. The summed E-state index contributed by atoms with van der Waals surface area (Å²) in [5.74, 6) is 1.65. The third kappa shape index (κ3) is 2.12. The minimum Gasteiger partial charge on any atom is -0.324 e. The molecular weight excluding hydrogens is 200 g/mol. The van der Waals surface area contributed by atoms with E-state index in [0.29, 0.717) is 6.54 Å². The molecular formula is C12H16N4. The molecule has 16 heavy (non-hydrogen) atoms. The molecule has 1 aromatic heterocycles. The number of nitrogens with two attached hydrogens (primary N) is 1. The van der Waals surface area contributed by atoms with Gasteiger partial charge < -0.3 is 5.73 Å². The second-order valence-electron chi connectivity index (χ2n) is 3.88. The molecule has 1 heterocycles. The van der Waals surface area contributed by atoms with Crippen molar-refractivity contribution in [2.75, 3.05) is 0 Å². The summed E-state index contributed by atoms with van der Waals surface area (Å²) in [5, 5.41) is 4.34. The molecule has 0 spiro atoms. The zero-order chi connectivity index (χ0) is 11.5. The molecule has 2 N–H and O–H groups in total. The van der Waals surface area contributed by atoms with Crippen molar-refractivity contribution in [1.29, 1.82) is 0 Å². The summed E-state index contributed by atoms with van der Waals surface area (Å²) in [7, 11) is 1.87. The Bertz CT molecular complexity index is 488. The van der Waals surface area contributed by atoms with Crippen LogP contribution in [-0.4, -0.2) is 14.8 Å². The predicted octanol–water partition coefficient (Wildman–Crippen LogP) is 1.17. The minimum absolute atomic E-state index is 0.428. The lowest BCUT2D eigenvalue weighted by molar-refractivity contribution is 0.696. The lowest BCUT2D eigenvalue weighted by Crippen LogP contribution is -2.05. The second kappa shape index (κ2) is 4.45. The molecule has 0 bridgehead atoms. The quantitative estimate of drug-likeness (QED) is 0.838. The fourth-order valence-corrected chi connectivity index (χ4v) is 1.71. The van der Waals surface area contributed by atoms with Gasteiger partial charge in [-0.3, -0.25) is 4.68 Å². The number of hydrogen-bond donors (Lipinski definition) is 1. The first-order chi connectivity index (χ1) is 7.70. The minimum atomic E-state index is 0.428. The van der Waals surface area contributed by atoms with Crippen LogP contribution in [0.4, 0.5) is 0 Å². The van der Waals surface area contributed by atoms with Crippen LogP contribution in [0.25, 0.3) is 0 Å². The molecule has 84 valence electrons. The first-order valence-electron chi connectivity index (χ1n) is 5.34. The zero-order valence-corrected chi connectivity index (χ0v) is 9.64. The molecule has 0 fully saturated rings. The molecule has 0 unspecified atom stereocenters. The normalized spacial score (nSPS) is 10.7. The van der Waals surface area contributed by atoms with Crippen molar-refractivity contribution in [2.45, 2.75) is 19.9 Å². The van der Waals surface area contributed by atoms with Crippen molar-refractivity contribution in [2.24, 2.45) is 12.8 Å². The van der Waals surface area contributed by atoms with Crippen LogP contribution in [0, 0.1) is 6.92 Å². The summed E-state index contributed by atoms with van der Waals surface area (Å²) in [5.41, 5.74) is 8.09. The Labute approximate surface area is 95.1 Å². The molecule has 0 aliphatic carbocycles.